The molecule has 2 aromatic carbocycles. The number of thioether (sulfide) groups is 2. The topological polar surface area (TPSA) is 74.8 Å². The fraction of sp³-hybridized carbons (Fsp3) is 0.200. The van der Waals surface area contributed by atoms with E-state index in [9.17, 15) is 28.0 Å². The third-order valence-corrected chi connectivity index (χ3v) is 7.17. The van der Waals surface area contributed by atoms with E-state index in [1.807, 2.05) is 0 Å². The minimum absolute atomic E-state index is 0.0414. The van der Waals surface area contributed by atoms with Gasteiger partial charge in [-0.25, -0.2) is 8.78 Å². The highest BCUT2D eigenvalue weighted by Gasteiger charge is 2.52. The Morgan fingerprint density at radius 3 is 1.30 bits per heavy atom. The maximum absolute atomic E-state index is 13.1. The number of carbonyl (C=O) groups is 4. The van der Waals surface area contributed by atoms with Gasteiger partial charge in [0.05, 0.1) is 13.1 Å². The third-order valence-electron chi connectivity index (χ3n) is 4.70. The van der Waals surface area contributed by atoms with Crippen molar-refractivity contribution >= 4 is 45.8 Å². The van der Waals surface area contributed by atoms with E-state index < -0.39 is 44.4 Å². The van der Waals surface area contributed by atoms with Gasteiger partial charge in [0.25, 0.3) is 10.5 Å². The van der Waals surface area contributed by atoms with Crippen LogP contribution in [0.4, 0.5) is 18.4 Å². The van der Waals surface area contributed by atoms with Crippen LogP contribution in [0.15, 0.2) is 48.5 Å². The molecule has 2 aliphatic rings. The van der Waals surface area contributed by atoms with Gasteiger partial charge in [0, 0.05) is 0 Å². The lowest BCUT2D eigenvalue weighted by molar-refractivity contribution is -0.132. The molecule has 2 heterocycles. The van der Waals surface area contributed by atoms with Crippen LogP contribution in [0.2, 0.25) is 0 Å². The second-order valence-electron chi connectivity index (χ2n) is 6.71. The number of nitrogens with zero attached hydrogens (tertiary/aromatic N) is 2. The van der Waals surface area contributed by atoms with Crippen LogP contribution in [0.5, 0.6) is 0 Å². The van der Waals surface area contributed by atoms with Crippen molar-refractivity contribution in [2.75, 3.05) is 0 Å². The lowest BCUT2D eigenvalue weighted by Crippen LogP contribution is -2.40. The average molecular weight is 448 g/mol. The van der Waals surface area contributed by atoms with Crippen LogP contribution in [-0.2, 0) is 22.7 Å². The Labute approximate surface area is 178 Å². The Hall–Kier alpha value is -2.72. The van der Waals surface area contributed by atoms with Crippen LogP contribution in [-0.4, -0.2) is 42.6 Å². The predicted molar refractivity (Wildman–Crippen MR) is 107 cm³/mol. The molecule has 6 nitrogen and oxygen atoms in total. The molecular formula is C20H14F2N2O4S2. The number of benzene rings is 2. The second-order valence-corrected chi connectivity index (χ2v) is 8.90. The van der Waals surface area contributed by atoms with Crippen LogP contribution < -0.4 is 0 Å². The molecule has 0 aromatic heterocycles. The first kappa shape index (κ1) is 20.5. The Balaban J connectivity index is 1.47. The zero-order chi connectivity index (χ0) is 21.4. The highest BCUT2D eigenvalue weighted by atomic mass is 32.2. The quantitative estimate of drug-likeness (QED) is 0.693. The van der Waals surface area contributed by atoms with E-state index in [4.69, 9.17) is 0 Å². The molecule has 2 unspecified atom stereocenters. The fourth-order valence-corrected chi connectivity index (χ4v) is 5.41. The van der Waals surface area contributed by atoms with Gasteiger partial charge in [-0.1, -0.05) is 24.3 Å². The van der Waals surface area contributed by atoms with E-state index in [1.54, 1.807) is 0 Å². The Bertz CT molecular complexity index is 947. The molecule has 10 heteroatoms. The Morgan fingerprint density at radius 2 is 0.967 bits per heavy atom. The first-order valence-electron chi connectivity index (χ1n) is 8.86. The molecule has 2 saturated heterocycles. The summed E-state index contributed by atoms with van der Waals surface area (Å²) in [6.45, 7) is -0.0828. The number of halogens is 2. The van der Waals surface area contributed by atoms with E-state index in [2.05, 4.69) is 0 Å². The monoisotopic (exact) mass is 448 g/mol. The lowest BCUT2D eigenvalue weighted by Gasteiger charge is -2.17. The van der Waals surface area contributed by atoms with Crippen LogP contribution >= 0.6 is 23.5 Å². The van der Waals surface area contributed by atoms with Gasteiger partial charge in [-0.15, -0.1) is 0 Å². The molecule has 0 N–H and O–H groups in total. The van der Waals surface area contributed by atoms with Crippen molar-refractivity contribution in [1.29, 1.82) is 0 Å². The van der Waals surface area contributed by atoms with E-state index in [1.165, 1.54) is 48.5 Å². The maximum Gasteiger partial charge on any atom is 0.289 e. The number of hydrogen-bond acceptors (Lipinski definition) is 6. The summed E-state index contributed by atoms with van der Waals surface area (Å²) >= 11 is 1.42. The normalized spacial score (nSPS) is 21.8. The lowest BCUT2D eigenvalue weighted by atomic mass is 10.1. The molecule has 0 spiro atoms. The smallest absolute Gasteiger partial charge is 0.273 e. The minimum atomic E-state index is -1.02. The summed E-state index contributed by atoms with van der Waals surface area (Å²) in [7, 11) is 0. The molecule has 154 valence electrons. The molecule has 4 amide bonds. The molecule has 4 rings (SSSR count). The molecule has 30 heavy (non-hydrogen) atoms. The van der Waals surface area contributed by atoms with Crippen molar-refractivity contribution in [3.63, 3.8) is 0 Å². The molecule has 0 aliphatic carbocycles. The first-order chi connectivity index (χ1) is 14.3. The van der Waals surface area contributed by atoms with Gasteiger partial charge in [0.1, 0.15) is 22.1 Å². The van der Waals surface area contributed by atoms with Gasteiger partial charge in [-0.3, -0.25) is 29.0 Å². The summed E-state index contributed by atoms with van der Waals surface area (Å²) in [5, 5.41) is -3.07. The van der Waals surface area contributed by atoms with Crippen molar-refractivity contribution in [1.82, 2.24) is 9.80 Å². The third kappa shape index (κ3) is 3.97. The van der Waals surface area contributed by atoms with E-state index >= 15 is 0 Å². The Kier molecular flexibility index (Phi) is 5.61. The number of rotatable bonds is 5. The molecule has 2 fully saturated rings. The van der Waals surface area contributed by atoms with Gasteiger partial charge in [-0.05, 0) is 58.9 Å². The molecule has 0 bridgehead atoms. The molecule has 0 saturated carbocycles. The summed E-state index contributed by atoms with van der Waals surface area (Å²) in [6, 6.07) is 10.8. The summed E-state index contributed by atoms with van der Waals surface area (Å²) in [5.41, 5.74) is 1.14. The van der Waals surface area contributed by atoms with Crippen LogP contribution in [0.3, 0.4) is 0 Å². The van der Waals surface area contributed by atoms with Gasteiger partial charge in [0.15, 0.2) is 0 Å². The summed E-state index contributed by atoms with van der Waals surface area (Å²) in [5.74, 6) is -1.98. The van der Waals surface area contributed by atoms with Crippen molar-refractivity contribution in [3.8, 4) is 0 Å². The zero-order valence-corrected chi connectivity index (χ0v) is 16.9. The summed E-state index contributed by atoms with van der Waals surface area (Å²) in [6.07, 6.45) is 0. The predicted octanol–water partition coefficient (Wildman–Crippen LogP) is 3.79. The number of hydrogen-bond donors (Lipinski definition) is 0. The number of amides is 4. The Morgan fingerprint density at radius 1 is 0.633 bits per heavy atom. The molecule has 0 radical (unpaired) electrons. The van der Waals surface area contributed by atoms with Crippen molar-refractivity contribution < 1.29 is 28.0 Å². The standard InChI is InChI=1S/C20H14F2N2O4S2/c21-13-5-1-11(2-6-13)9-23-17(25)15(29-19(23)27)16-18(26)24(20(28)30-16)10-12-3-7-14(22)8-4-12/h1-8,15-16H,9-10H2. The SMILES string of the molecule is O=C1SC(C2SC(=O)N(Cc3ccc(F)cc3)C2=O)C(=O)N1Cc1ccc(F)cc1. The molecule has 2 aliphatic heterocycles. The van der Waals surface area contributed by atoms with E-state index in [0.717, 1.165) is 9.80 Å². The first-order valence-corrected chi connectivity index (χ1v) is 10.6. The van der Waals surface area contributed by atoms with Crippen molar-refractivity contribution in [3.05, 3.63) is 71.3 Å². The van der Waals surface area contributed by atoms with E-state index in [-0.39, 0.29) is 13.1 Å². The van der Waals surface area contributed by atoms with Gasteiger partial charge in [0.2, 0.25) is 11.8 Å². The molecule has 2 aromatic rings. The van der Waals surface area contributed by atoms with Gasteiger partial charge in [-0.2, -0.15) is 0 Å². The second kappa shape index (κ2) is 8.19. The molecular weight excluding hydrogens is 434 g/mol. The van der Waals surface area contributed by atoms with Gasteiger partial charge < -0.3 is 0 Å². The molecule has 2 atom stereocenters. The van der Waals surface area contributed by atoms with Gasteiger partial charge >= 0.3 is 0 Å². The number of carbonyl (C=O) groups excluding carboxylic acids is 4. The zero-order valence-electron chi connectivity index (χ0n) is 15.3. The minimum Gasteiger partial charge on any atom is -0.273 e. The van der Waals surface area contributed by atoms with Crippen molar-refractivity contribution in [2.24, 2.45) is 0 Å². The summed E-state index contributed by atoms with van der Waals surface area (Å²) in [4.78, 5) is 52.3. The highest BCUT2D eigenvalue weighted by molar-refractivity contribution is 8.19. The van der Waals surface area contributed by atoms with Crippen LogP contribution in [0, 0.1) is 11.6 Å². The van der Waals surface area contributed by atoms with Crippen LogP contribution in [0.1, 0.15) is 11.1 Å². The largest absolute Gasteiger partial charge is 0.289 e. The average Bonchev–Trinajstić information content (AvgIpc) is 3.15. The summed E-state index contributed by atoms with van der Waals surface area (Å²) < 4.78 is 26.1. The highest BCUT2D eigenvalue weighted by Crippen LogP contribution is 2.40. The van der Waals surface area contributed by atoms with E-state index in [0.29, 0.717) is 34.7 Å². The fourth-order valence-electron chi connectivity index (χ4n) is 3.14. The van der Waals surface area contributed by atoms with Crippen LogP contribution in [0.25, 0.3) is 0 Å². The number of imide groups is 2. The van der Waals surface area contributed by atoms with Crippen molar-refractivity contribution in [2.45, 2.75) is 23.6 Å². The maximum atomic E-state index is 13.1.